The lowest BCUT2D eigenvalue weighted by Crippen LogP contribution is -2.50. The molecular weight excluding hydrogens is 267 g/mol. The highest BCUT2D eigenvalue weighted by atomic mass is 19.4. The van der Waals surface area contributed by atoms with Crippen molar-refractivity contribution in [2.24, 2.45) is 0 Å². The van der Waals surface area contributed by atoms with Gasteiger partial charge in [0.05, 0.1) is 5.69 Å². The van der Waals surface area contributed by atoms with Crippen molar-refractivity contribution in [1.82, 2.24) is 0 Å². The summed E-state index contributed by atoms with van der Waals surface area (Å²) in [7, 11) is 0. The van der Waals surface area contributed by atoms with Crippen LogP contribution in [0.25, 0.3) is 0 Å². The zero-order valence-corrected chi connectivity index (χ0v) is 10.7. The molecule has 2 aromatic carbocycles. The molecule has 3 rings (SSSR count). The van der Waals surface area contributed by atoms with Crippen LogP contribution >= 0.6 is 0 Å². The summed E-state index contributed by atoms with van der Waals surface area (Å²) in [4.78, 5) is 0. The third-order valence-electron chi connectivity index (χ3n) is 3.32. The smallest absolute Gasteiger partial charge is 0.452 e. The Morgan fingerprint density at radius 3 is 2.25 bits per heavy atom. The standard InChI is InChI=1S/C15H12F3NO/c1-10-6-8-11(9-7-10)14(15(16,17)18)19-12-4-2-3-5-13(12)20-14/h2-9,19H,1H3. The van der Waals surface area contributed by atoms with Crippen LogP contribution in [0.2, 0.25) is 0 Å². The Labute approximate surface area is 114 Å². The maximum atomic E-state index is 13.6. The molecule has 1 N–H and O–H groups in total. The number of aryl methyl sites for hydroxylation is 1. The molecule has 0 radical (unpaired) electrons. The minimum Gasteiger partial charge on any atom is -0.452 e. The molecular formula is C15H12F3NO. The molecule has 5 heteroatoms. The van der Waals surface area contributed by atoms with E-state index in [0.29, 0.717) is 5.69 Å². The SMILES string of the molecule is Cc1ccc(C2(C(F)(F)F)Nc3ccccc3O2)cc1. The van der Waals surface area contributed by atoms with Gasteiger partial charge in [-0.25, -0.2) is 0 Å². The number of hydrogen-bond acceptors (Lipinski definition) is 2. The first-order valence-corrected chi connectivity index (χ1v) is 6.12. The molecule has 0 bridgehead atoms. The Hall–Kier alpha value is -2.17. The number of anilines is 1. The average molecular weight is 279 g/mol. The van der Waals surface area contributed by atoms with Gasteiger partial charge in [0.1, 0.15) is 5.75 Å². The lowest BCUT2D eigenvalue weighted by molar-refractivity contribution is -0.238. The summed E-state index contributed by atoms with van der Waals surface area (Å²) in [5, 5.41) is 2.48. The summed E-state index contributed by atoms with van der Waals surface area (Å²) in [6, 6.07) is 12.5. The molecule has 0 saturated carbocycles. The molecule has 1 aliphatic heterocycles. The van der Waals surface area contributed by atoms with Crippen LogP contribution < -0.4 is 10.1 Å². The Morgan fingerprint density at radius 2 is 1.65 bits per heavy atom. The lowest BCUT2D eigenvalue weighted by Gasteiger charge is -2.31. The third kappa shape index (κ3) is 1.81. The molecule has 0 amide bonds. The minimum absolute atomic E-state index is 0.0341. The van der Waals surface area contributed by atoms with E-state index in [-0.39, 0.29) is 11.3 Å². The molecule has 104 valence electrons. The number of benzene rings is 2. The van der Waals surface area contributed by atoms with Crippen molar-refractivity contribution in [3.05, 3.63) is 59.7 Å². The fourth-order valence-corrected chi connectivity index (χ4v) is 2.25. The highest BCUT2D eigenvalue weighted by molar-refractivity contribution is 5.63. The van der Waals surface area contributed by atoms with E-state index in [4.69, 9.17) is 4.74 Å². The van der Waals surface area contributed by atoms with Crippen LogP contribution in [-0.4, -0.2) is 6.18 Å². The van der Waals surface area contributed by atoms with Crippen molar-refractivity contribution in [1.29, 1.82) is 0 Å². The molecule has 1 heterocycles. The van der Waals surface area contributed by atoms with Crippen molar-refractivity contribution >= 4 is 5.69 Å². The molecule has 0 aromatic heterocycles. The van der Waals surface area contributed by atoms with Crippen molar-refractivity contribution in [2.75, 3.05) is 5.32 Å². The minimum atomic E-state index is -4.58. The zero-order valence-electron chi connectivity index (χ0n) is 10.7. The Balaban J connectivity index is 2.12. The second kappa shape index (κ2) is 4.16. The van der Waals surface area contributed by atoms with E-state index in [1.165, 1.54) is 18.2 Å². The second-order valence-corrected chi connectivity index (χ2v) is 4.77. The second-order valence-electron chi connectivity index (χ2n) is 4.77. The highest BCUT2D eigenvalue weighted by Crippen LogP contribution is 2.49. The van der Waals surface area contributed by atoms with Crippen molar-refractivity contribution in [3.8, 4) is 5.75 Å². The molecule has 0 saturated heterocycles. The molecule has 0 aliphatic carbocycles. The van der Waals surface area contributed by atoms with Crippen LogP contribution in [0.1, 0.15) is 11.1 Å². The maximum absolute atomic E-state index is 13.6. The molecule has 20 heavy (non-hydrogen) atoms. The summed E-state index contributed by atoms with van der Waals surface area (Å²) in [6.45, 7) is 1.82. The Morgan fingerprint density at radius 1 is 1.00 bits per heavy atom. The fourth-order valence-electron chi connectivity index (χ4n) is 2.25. The van der Waals surface area contributed by atoms with E-state index in [1.54, 1.807) is 30.3 Å². The number of ether oxygens (including phenoxy) is 1. The summed E-state index contributed by atoms with van der Waals surface area (Å²) in [5.41, 5.74) is -1.26. The summed E-state index contributed by atoms with van der Waals surface area (Å²) in [5.74, 6) is 0.199. The van der Waals surface area contributed by atoms with Gasteiger partial charge in [-0.3, -0.25) is 0 Å². The number of alkyl halides is 3. The van der Waals surface area contributed by atoms with Crippen LogP contribution in [0.5, 0.6) is 5.75 Å². The normalized spacial score (nSPS) is 21.0. The molecule has 1 atom stereocenters. The number of para-hydroxylation sites is 2. The van der Waals surface area contributed by atoms with Crippen molar-refractivity contribution < 1.29 is 17.9 Å². The van der Waals surface area contributed by atoms with Crippen LogP contribution in [0.4, 0.5) is 18.9 Å². The van der Waals surface area contributed by atoms with Gasteiger partial charge in [0.2, 0.25) is 0 Å². The Bertz CT molecular complexity index is 609. The average Bonchev–Trinajstić information content (AvgIpc) is 2.79. The first kappa shape index (κ1) is 12.8. The van der Waals surface area contributed by atoms with Crippen LogP contribution in [0.3, 0.4) is 0 Å². The molecule has 2 aromatic rings. The van der Waals surface area contributed by atoms with Crippen LogP contribution in [0, 0.1) is 6.92 Å². The number of hydrogen-bond donors (Lipinski definition) is 1. The van der Waals surface area contributed by atoms with Gasteiger partial charge in [-0.15, -0.1) is 0 Å². The first-order valence-electron chi connectivity index (χ1n) is 6.12. The predicted molar refractivity (Wildman–Crippen MR) is 69.6 cm³/mol. The van der Waals surface area contributed by atoms with Gasteiger partial charge in [-0.05, 0) is 19.1 Å². The van der Waals surface area contributed by atoms with Crippen LogP contribution in [0.15, 0.2) is 48.5 Å². The van der Waals surface area contributed by atoms with Gasteiger partial charge < -0.3 is 10.1 Å². The third-order valence-corrected chi connectivity index (χ3v) is 3.32. The van der Waals surface area contributed by atoms with Gasteiger partial charge in [-0.1, -0.05) is 42.0 Å². The molecule has 1 unspecified atom stereocenters. The molecule has 0 fully saturated rings. The molecule has 0 spiro atoms. The zero-order chi connectivity index (χ0) is 14.4. The van der Waals surface area contributed by atoms with Crippen molar-refractivity contribution in [3.63, 3.8) is 0 Å². The fraction of sp³-hybridized carbons (Fsp3) is 0.200. The number of fused-ring (bicyclic) bond motifs is 1. The van der Waals surface area contributed by atoms with Gasteiger partial charge in [0.15, 0.2) is 0 Å². The van der Waals surface area contributed by atoms with E-state index in [0.717, 1.165) is 5.56 Å². The first-order chi connectivity index (χ1) is 9.42. The molecule has 1 aliphatic rings. The van der Waals surface area contributed by atoms with Gasteiger partial charge in [0, 0.05) is 5.56 Å². The number of rotatable bonds is 1. The van der Waals surface area contributed by atoms with E-state index in [2.05, 4.69) is 5.32 Å². The van der Waals surface area contributed by atoms with Gasteiger partial charge in [0.25, 0.3) is 0 Å². The summed E-state index contributed by atoms with van der Waals surface area (Å²) in [6.07, 6.45) is -4.58. The highest BCUT2D eigenvalue weighted by Gasteiger charge is 2.62. The van der Waals surface area contributed by atoms with E-state index in [9.17, 15) is 13.2 Å². The monoisotopic (exact) mass is 279 g/mol. The predicted octanol–water partition coefficient (Wildman–Crippen LogP) is 4.21. The number of halogens is 3. The van der Waals surface area contributed by atoms with E-state index < -0.39 is 11.9 Å². The summed E-state index contributed by atoms with van der Waals surface area (Å²) < 4.78 is 46.0. The van der Waals surface area contributed by atoms with E-state index >= 15 is 0 Å². The van der Waals surface area contributed by atoms with E-state index in [1.807, 2.05) is 6.92 Å². The topological polar surface area (TPSA) is 21.3 Å². The van der Waals surface area contributed by atoms with Gasteiger partial charge >= 0.3 is 11.9 Å². The lowest BCUT2D eigenvalue weighted by atomic mass is 10.0. The van der Waals surface area contributed by atoms with Crippen LogP contribution in [-0.2, 0) is 5.72 Å². The van der Waals surface area contributed by atoms with Crippen molar-refractivity contribution in [2.45, 2.75) is 18.8 Å². The van der Waals surface area contributed by atoms with Gasteiger partial charge in [-0.2, -0.15) is 13.2 Å². The quantitative estimate of drug-likeness (QED) is 0.844. The largest absolute Gasteiger partial charge is 0.453 e. The Kier molecular flexibility index (Phi) is 2.67. The number of nitrogens with one attached hydrogen (secondary N) is 1. The molecule has 2 nitrogen and oxygen atoms in total. The maximum Gasteiger partial charge on any atom is 0.453 e. The summed E-state index contributed by atoms with van der Waals surface area (Å²) >= 11 is 0.